The van der Waals surface area contributed by atoms with E-state index in [1.807, 2.05) is 44.2 Å². The van der Waals surface area contributed by atoms with Gasteiger partial charge in [-0.25, -0.2) is 4.90 Å². The first-order valence-corrected chi connectivity index (χ1v) is 7.73. The Bertz CT molecular complexity index is 713. The van der Waals surface area contributed by atoms with Crippen molar-refractivity contribution in [3.05, 3.63) is 40.4 Å². The van der Waals surface area contributed by atoms with E-state index in [9.17, 15) is 9.59 Å². The molecule has 2 saturated heterocycles. The number of hydrogen-bond donors (Lipinski definition) is 0. The molecular formula is C16H14BrNO3. The van der Waals surface area contributed by atoms with Gasteiger partial charge in [-0.1, -0.05) is 34.1 Å². The number of fused-ring (bicyclic) bond motifs is 5. The Labute approximate surface area is 130 Å². The van der Waals surface area contributed by atoms with Crippen LogP contribution in [0.4, 0.5) is 5.69 Å². The second-order valence-electron chi connectivity index (χ2n) is 6.07. The summed E-state index contributed by atoms with van der Waals surface area (Å²) in [6, 6.07) is 5.54. The minimum absolute atomic E-state index is 0.154. The Morgan fingerprint density at radius 3 is 2.71 bits per heavy atom. The first-order valence-electron chi connectivity index (χ1n) is 6.93. The minimum Gasteiger partial charge on any atom is -0.362 e. The fraction of sp³-hybridized carbons (Fsp3) is 0.375. The van der Waals surface area contributed by atoms with Gasteiger partial charge in [-0.05, 0) is 31.5 Å². The monoisotopic (exact) mass is 347 g/mol. The molecule has 4 rings (SSSR count). The number of amides is 2. The van der Waals surface area contributed by atoms with E-state index in [0.717, 1.165) is 10.0 Å². The maximum atomic E-state index is 12.8. The van der Waals surface area contributed by atoms with Gasteiger partial charge in [0, 0.05) is 4.47 Å². The lowest BCUT2D eigenvalue weighted by molar-refractivity contribution is -0.126. The average Bonchev–Trinajstić information content (AvgIpc) is 3.03. The van der Waals surface area contributed by atoms with Gasteiger partial charge in [0.2, 0.25) is 11.8 Å². The zero-order valence-electron chi connectivity index (χ0n) is 11.7. The van der Waals surface area contributed by atoms with Gasteiger partial charge < -0.3 is 4.74 Å². The van der Waals surface area contributed by atoms with Crippen LogP contribution in [0.2, 0.25) is 0 Å². The summed E-state index contributed by atoms with van der Waals surface area (Å²) in [6.07, 6.45) is 3.55. The molecule has 3 heterocycles. The molecule has 0 radical (unpaired) electrons. The Morgan fingerprint density at radius 2 is 2.05 bits per heavy atom. The SMILES string of the molecule is Cc1ccc(N2C(=O)C3C4C=CC(C)(O4)C3C2=O)cc1Br. The Kier molecular flexibility index (Phi) is 2.55. The number of aryl methyl sites for hydroxylation is 1. The number of carbonyl (C=O) groups is 2. The Balaban J connectivity index is 1.78. The van der Waals surface area contributed by atoms with Crippen LogP contribution in [0.1, 0.15) is 12.5 Å². The molecule has 0 N–H and O–H groups in total. The third-order valence-electron chi connectivity index (χ3n) is 4.74. The average molecular weight is 348 g/mol. The molecule has 1 aromatic rings. The fourth-order valence-corrected chi connectivity index (χ4v) is 3.99. The molecule has 2 fully saturated rings. The van der Waals surface area contributed by atoms with Crippen molar-refractivity contribution < 1.29 is 14.3 Å². The van der Waals surface area contributed by atoms with Gasteiger partial charge in [0.25, 0.3) is 0 Å². The summed E-state index contributed by atoms with van der Waals surface area (Å²) in [5.41, 5.74) is 1.05. The predicted molar refractivity (Wildman–Crippen MR) is 80.8 cm³/mol. The molecule has 108 valence electrons. The van der Waals surface area contributed by atoms with E-state index in [4.69, 9.17) is 4.74 Å². The van der Waals surface area contributed by atoms with Gasteiger partial charge >= 0.3 is 0 Å². The van der Waals surface area contributed by atoms with Crippen LogP contribution >= 0.6 is 15.9 Å². The van der Waals surface area contributed by atoms with Crippen molar-refractivity contribution in [1.29, 1.82) is 0 Å². The first kappa shape index (κ1) is 13.2. The van der Waals surface area contributed by atoms with E-state index in [-0.39, 0.29) is 23.8 Å². The van der Waals surface area contributed by atoms with E-state index in [1.54, 1.807) is 0 Å². The summed E-state index contributed by atoms with van der Waals surface area (Å²) in [6.45, 7) is 3.85. The normalized spacial score (nSPS) is 36.7. The molecule has 5 heteroatoms. The van der Waals surface area contributed by atoms with E-state index < -0.39 is 11.5 Å². The highest BCUT2D eigenvalue weighted by Gasteiger charge is 2.66. The van der Waals surface area contributed by atoms with Crippen molar-refractivity contribution in [3.63, 3.8) is 0 Å². The summed E-state index contributed by atoms with van der Waals surface area (Å²) >= 11 is 3.45. The largest absolute Gasteiger partial charge is 0.362 e. The highest BCUT2D eigenvalue weighted by atomic mass is 79.9. The highest BCUT2D eigenvalue weighted by Crippen LogP contribution is 2.52. The molecule has 4 atom stereocenters. The van der Waals surface area contributed by atoms with Crippen LogP contribution in [0.15, 0.2) is 34.8 Å². The van der Waals surface area contributed by atoms with E-state index in [0.29, 0.717) is 5.69 Å². The number of imide groups is 1. The molecule has 2 amide bonds. The molecule has 2 bridgehead atoms. The highest BCUT2D eigenvalue weighted by molar-refractivity contribution is 9.10. The predicted octanol–water partition coefficient (Wildman–Crippen LogP) is 2.59. The van der Waals surface area contributed by atoms with Crippen molar-refractivity contribution in [2.75, 3.05) is 4.90 Å². The lowest BCUT2D eigenvalue weighted by Gasteiger charge is -2.24. The summed E-state index contributed by atoms with van der Waals surface area (Å²) in [5.74, 6) is -1.10. The molecule has 0 aromatic heterocycles. The van der Waals surface area contributed by atoms with Crippen LogP contribution in [0.25, 0.3) is 0 Å². The number of nitrogens with zero attached hydrogens (tertiary/aromatic N) is 1. The molecule has 0 spiro atoms. The Morgan fingerprint density at radius 1 is 1.29 bits per heavy atom. The lowest BCUT2D eigenvalue weighted by Crippen LogP contribution is -2.38. The number of anilines is 1. The number of ether oxygens (including phenoxy) is 1. The van der Waals surface area contributed by atoms with Crippen LogP contribution in [0.5, 0.6) is 0 Å². The smallest absolute Gasteiger partial charge is 0.241 e. The fourth-order valence-electron chi connectivity index (χ4n) is 3.63. The number of benzene rings is 1. The summed E-state index contributed by atoms with van der Waals surface area (Å²) < 4.78 is 6.70. The zero-order valence-corrected chi connectivity index (χ0v) is 13.3. The van der Waals surface area contributed by atoms with E-state index in [1.165, 1.54) is 4.90 Å². The molecule has 3 aliphatic rings. The molecule has 3 aliphatic heterocycles. The van der Waals surface area contributed by atoms with Crippen molar-refractivity contribution in [2.45, 2.75) is 25.6 Å². The van der Waals surface area contributed by atoms with Crippen LogP contribution in [0, 0.1) is 18.8 Å². The maximum absolute atomic E-state index is 12.8. The second kappa shape index (κ2) is 4.05. The standard InChI is InChI=1S/C16H14BrNO3/c1-8-3-4-9(7-10(8)17)18-14(19)12-11-5-6-16(2,21-11)13(12)15(18)20/h3-7,11-13H,1-2H3. The van der Waals surface area contributed by atoms with Crippen LogP contribution in [-0.4, -0.2) is 23.5 Å². The van der Waals surface area contributed by atoms with Crippen molar-refractivity contribution in [3.8, 4) is 0 Å². The van der Waals surface area contributed by atoms with Gasteiger partial charge in [0.05, 0.1) is 29.2 Å². The molecule has 4 unspecified atom stereocenters. The number of rotatable bonds is 1. The van der Waals surface area contributed by atoms with Crippen LogP contribution in [0.3, 0.4) is 0 Å². The van der Waals surface area contributed by atoms with Gasteiger partial charge in [-0.3, -0.25) is 9.59 Å². The minimum atomic E-state index is -0.640. The quantitative estimate of drug-likeness (QED) is 0.579. The number of halogens is 1. The van der Waals surface area contributed by atoms with Gasteiger partial charge in [0.15, 0.2) is 0 Å². The second-order valence-corrected chi connectivity index (χ2v) is 6.93. The third-order valence-corrected chi connectivity index (χ3v) is 5.60. The topological polar surface area (TPSA) is 46.6 Å². The van der Waals surface area contributed by atoms with E-state index in [2.05, 4.69) is 15.9 Å². The summed E-state index contributed by atoms with van der Waals surface area (Å²) in [5, 5.41) is 0. The van der Waals surface area contributed by atoms with Gasteiger partial charge in [-0.2, -0.15) is 0 Å². The Hall–Kier alpha value is -1.46. The van der Waals surface area contributed by atoms with Crippen molar-refractivity contribution in [1.82, 2.24) is 0 Å². The molecule has 1 aromatic carbocycles. The molecule has 21 heavy (non-hydrogen) atoms. The van der Waals surface area contributed by atoms with Crippen molar-refractivity contribution >= 4 is 33.4 Å². The molecule has 0 aliphatic carbocycles. The molecular weight excluding hydrogens is 334 g/mol. The number of carbonyl (C=O) groups excluding carboxylic acids is 2. The van der Waals surface area contributed by atoms with Crippen molar-refractivity contribution in [2.24, 2.45) is 11.8 Å². The van der Waals surface area contributed by atoms with Gasteiger partial charge in [0.1, 0.15) is 0 Å². The summed E-state index contributed by atoms with van der Waals surface area (Å²) in [7, 11) is 0. The molecule has 4 nitrogen and oxygen atoms in total. The maximum Gasteiger partial charge on any atom is 0.241 e. The van der Waals surface area contributed by atoms with Crippen LogP contribution in [-0.2, 0) is 14.3 Å². The third kappa shape index (κ3) is 1.59. The number of hydrogen-bond acceptors (Lipinski definition) is 3. The van der Waals surface area contributed by atoms with Gasteiger partial charge in [-0.15, -0.1) is 0 Å². The zero-order chi connectivity index (χ0) is 14.9. The van der Waals surface area contributed by atoms with E-state index >= 15 is 0 Å². The molecule has 0 saturated carbocycles. The lowest BCUT2D eigenvalue weighted by atomic mass is 9.78. The first-order chi connectivity index (χ1) is 9.92. The van der Waals surface area contributed by atoms with Crippen LogP contribution < -0.4 is 4.90 Å². The summed E-state index contributed by atoms with van der Waals surface area (Å²) in [4.78, 5) is 26.8.